The van der Waals surface area contributed by atoms with Crippen molar-refractivity contribution in [2.75, 3.05) is 64.7 Å². The number of aromatic nitrogens is 3. The number of carbonyl (C=O) groups excluding carboxylic acids is 1. The van der Waals surface area contributed by atoms with E-state index in [2.05, 4.69) is 36.3 Å². The van der Waals surface area contributed by atoms with E-state index in [4.69, 9.17) is 42.0 Å². The van der Waals surface area contributed by atoms with Crippen LogP contribution in [-0.2, 0) is 9.47 Å². The van der Waals surface area contributed by atoms with Crippen molar-refractivity contribution >= 4 is 45.2 Å². The molecule has 54 heavy (non-hydrogen) atoms. The number of nitrogens with zero attached hydrogens (tertiary/aromatic N) is 5. The van der Waals surface area contributed by atoms with Crippen molar-refractivity contribution in [2.45, 2.75) is 62.6 Å². The second-order valence-electron chi connectivity index (χ2n) is 14.5. The van der Waals surface area contributed by atoms with Crippen LogP contribution >= 0.6 is 11.6 Å². The quantitative estimate of drug-likeness (QED) is 0.0596. The monoisotopic (exact) mass is 761 g/mol. The minimum absolute atomic E-state index is 0.0346. The van der Waals surface area contributed by atoms with Gasteiger partial charge in [-0.3, -0.25) is 4.90 Å². The van der Waals surface area contributed by atoms with Gasteiger partial charge in [0.1, 0.15) is 40.4 Å². The molecule has 0 saturated carbocycles. The van der Waals surface area contributed by atoms with E-state index in [1.165, 1.54) is 18.2 Å². The van der Waals surface area contributed by atoms with Gasteiger partial charge in [0.25, 0.3) is 0 Å². The van der Waals surface area contributed by atoms with Crippen LogP contribution in [0.4, 0.5) is 19.4 Å². The average Bonchev–Trinajstić information content (AvgIpc) is 3.86. The molecule has 284 valence electrons. The summed E-state index contributed by atoms with van der Waals surface area (Å²) in [4.78, 5) is 30.8. The molecule has 4 aromatic rings. The normalized spacial score (nSPS) is 20.3. The van der Waals surface area contributed by atoms with Crippen LogP contribution in [0.2, 0.25) is 5.15 Å². The van der Waals surface area contributed by atoms with Crippen LogP contribution in [0, 0.1) is 24.0 Å². The molecule has 2 bridgehead atoms. The fraction of sp³-hybridized carbons (Fsp3) is 0.487. The molecule has 0 aliphatic carbocycles. The Bertz CT molecular complexity index is 2110. The lowest BCUT2D eigenvalue weighted by Gasteiger charge is -2.35. The van der Waals surface area contributed by atoms with Gasteiger partial charge in [-0.15, -0.1) is 6.42 Å². The summed E-state index contributed by atoms with van der Waals surface area (Å²) < 4.78 is 54.9. The molecule has 2 unspecified atom stereocenters. The summed E-state index contributed by atoms with van der Waals surface area (Å²) in [5.74, 6) is 1.56. The molecule has 4 aliphatic heterocycles. The number of fused-ring (bicyclic) bond motifs is 5. The molecule has 0 spiro atoms. The lowest BCUT2D eigenvalue weighted by Crippen LogP contribution is -2.51. The summed E-state index contributed by atoms with van der Waals surface area (Å²) in [6.07, 6.45) is 11.8. The van der Waals surface area contributed by atoms with Gasteiger partial charge >= 0.3 is 12.2 Å². The predicted octanol–water partition coefficient (Wildman–Crippen LogP) is 5.80. The molecule has 0 amide bonds. The maximum atomic E-state index is 17.3. The van der Waals surface area contributed by atoms with Crippen LogP contribution in [0.5, 0.6) is 11.8 Å². The maximum Gasteiger partial charge on any atom is 0.511 e. The van der Waals surface area contributed by atoms with Crippen LogP contribution in [-0.4, -0.2) is 103 Å². The summed E-state index contributed by atoms with van der Waals surface area (Å²) in [5, 5.41) is 7.48. The van der Waals surface area contributed by atoms with Gasteiger partial charge in [-0.1, -0.05) is 23.6 Å². The summed E-state index contributed by atoms with van der Waals surface area (Å²) in [5.41, 5.74) is -0.365. The zero-order valence-electron chi connectivity index (χ0n) is 30.1. The highest BCUT2D eigenvalue weighted by Gasteiger charge is 2.45. The second-order valence-corrected chi connectivity index (χ2v) is 14.8. The molecule has 2 aromatic carbocycles. The maximum absolute atomic E-state index is 17.3. The van der Waals surface area contributed by atoms with E-state index >= 15 is 8.78 Å². The molecule has 15 heteroatoms. The molecular formula is C39H42ClF2N7O5. The molecule has 6 heterocycles. The Balaban J connectivity index is 1.20. The summed E-state index contributed by atoms with van der Waals surface area (Å²) in [6, 6.07) is 6.33. The Kier molecular flexibility index (Phi) is 10.3. The highest BCUT2D eigenvalue weighted by molar-refractivity contribution is 6.35. The van der Waals surface area contributed by atoms with E-state index in [1.807, 2.05) is 0 Å². The molecule has 12 nitrogen and oxygen atoms in total. The van der Waals surface area contributed by atoms with Gasteiger partial charge in [0.15, 0.2) is 5.82 Å². The third-order valence-electron chi connectivity index (χ3n) is 11.1. The number of halogens is 3. The molecule has 0 radical (unpaired) electrons. The third kappa shape index (κ3) is 6.94. The zero-order chi connectivity index (χ0) is 37.4. The van der Waals surface area contributed by atoms with Crippen molar-refractivity contribution in [3.63, 3.8) is 0 Å². The molecule has 4 fully saturated rings. The first-order chi connectivity index (χ1) is 26.3. The van der Waals surface area contributed by atoms with Crippen LogP contribution < -0.4 is 25.0 Å². The van der Waals surface area contributed by atoms with Crippen LogP contribution in [0.15, 0.2) is 24.3 Å². The molecule has 4 saturated heterocycles. The van der Waals surface area contributed by atoms with Gasteiger partial charge in [-0.05, 0) is 95.2 Å². The van der Waals surface area contributed by atoms with E-state index < -0.39 is 24.6 Å². The van der Waals surface area contributed by atoms with E-state index in [9.17, 15) is 4.79 Å². The Morgan fingerprint density at radius 1 is 1.07 bits per heavy atom. The first-order valence-electron chi connectivity index (χ1n) is 18.5. The number of terminal acetylenes is 1. The number of piperazine rings is 1. The standard InChI is InChI=1S/C39H42ClF2N7O5/c1-3-27-29(41)10-7-23-17-26(53-22-54-38(50)51-16-6-13-43-2)18-28(30(23)27)33-32(42)34-31(35(40)45-33)36(48-19-24-8-9-25(20-48)44-24)47-37(46-34)52-21-39-11-4-14-49(39)15-5-12-39/h1,7,10,17-18,24-25,43-44H,4-6,8-9,11-16,19-22H2,2H3. The molecular weight excluding hydrogens is 720 g/mol. The molecule has 2 atom stereocenters. The van der Waals surface area contributed by atoms with Crippen molar-refractivity contribution in [1.82, 2.24) is 30.5 Å². The van der Waals surface area contributed by atoms with E-state index in [0.717, 1.165) is 51.6 Å². The number of anilines is 1. The minimum Gasteiger partial charge on any atom is -0.461 e. The molecule has 4 aliphatic rings. The Morgan fingerprint density at radius 3 is 2.59 bits per heavy atom. The van der Waals surface area contributed by atoms with Crippen molar-refractivity contribution < 1.29 is 32.5 Å². The first kappa shape index (κ1) is 36.4. The van der Waals surface area contributed by atoms with E-state index in [1.54, 1.807) is 13.1 Å². The molecule has 2 N–H and O–H groups in total. The Morgan fingerprint density at radius 2 is 1.85 bits per heavy atom. The topological polar surface area (TPSA) is 123 Å². The molecule has 2 aromatic heterocycles. The number of benzene rings is 2. The second kappa shape index (κ2) is 15.3. The summed E-state index contributed by atoms with van der Waals surface area (Å²) in [7, 11) is 1.80. The smallest absolute Gasteiger partial charge is 0.461 e. The van der Waals surface area contributed by atoms with E-state index in [0.29, 0.717) is 43.9 Å². The highest BCUT2D eigenvalue weighted by atomic mass is 35.5. The number of hydrogen-bond acceptors (Lipinski definition) is 12. The Labute approximate surface area is 316 Å². The number of nitrogens with one attached hydrogen (secondary N) is 2. The number of carbonyl (C=O) groups is 1. The number of hydrogen-bond donors (Lipinski definition) is 2. The predicted molar refractivity (Wildman–Crippen MR) is 200 cm³/mol. The highest BCUT2D eigenvalue weighted by Crippen LogP contribution is 2.43. The third-order valence-corrected chi connectivity index (χ3v) is 11.4. The van der Waals surface area contributed by atoms with Gasteiger partial charge in [0.05, 0.1) is 23.1 Å². The van der Waals surface area contributed by atoms with Gasteiger partial charge in [0, 0.05) is 36.1 Å². The number of pyridine rings is 1. The first-order valence-corrected chi connectivity index (χ1v) is 18.9. The summed E-state index contributed by atoms with van der Waals surface area (Å²) in [6.45, 7) is 4.08. The molecule has 8 rings (SSSR count). The van der Waals surface area contributed by atoms with Crippen molar-refractivity contribution in [3.05, 3.63) is 46.6 Å². The SMILES string of the molecule is C#Cc1c(F)ccc2cc(OCOC(=O)OCCCNC)cc(-c3nc(Cl)c4c(N5CC6CCC(C5)N6)nc(OCC56CCCN5CCC6)nc4c3F)c12. The lowest BCUT2D eigenvalue weighted by atomic mass is 9.95. The minimum atomic E-state index is -0.906. The zero-order valence-corrected chi connectivity index (χ0v) is 30.8. The number of rotatable bonds is 12. The average molecular weight is 762 g/mol. The van der Waals surface area contributed by atoms with Crippen molar-refractivity contribution in [3.8, 4) is 35.4 Å². The van der Waals surface area contributed by atoms with Crippen molar-refractivity contribution in [1.29, 1.82) is 0 Å². The van der Waals surface area contributed by atoms with Crippen LogP contribution in [0.1, 0.15) is 50.5 Å². The largest absolute Gasteiger partial charge is 0.511 e. The van der Waals surface area contributed by atoms with Crippen LogP contribution in [0.25, 0.3) is 32.9 Å². The van der Waals surface area contributed by atoms with Gasteiger partial charge < -0.3 is 34.5 Å². The summed E-state index contributed by atoms with van der Waals surface area (Å²) >= 11 is 7.01. The Hall–Kier alpha value is -4.55. The van der Waals surface area contributed by atoms with Crippen molar-refractivity contribution in [2.24, 2.45) is 0 Å². The number of ether oxygens (including phenoxy) is 4. The fourth-order valence-corrected chi connectivity index (χ4v) is 8.87. The fourth-order valence-electron chi connectivity index (χ4n) is 8.61. The van der Waals surface area contributed by atoms with Gasteiger partial charge in [0.2, 0.25) is 6.79 Å². The van der Waals surface area contributed by atoms with E-state index in [-0.39, 0.29) is 74.3 Å². The van der Waals surface area contributed by atoms with Gasteiger partial charge in [-0.25, -0.2) is 18.6 Å². The van der Waals surface area contributed by atoms with Crippen LogP contribution in [0.3, 0.4) is 0 Å². The lowest BCUT2D eigenvalue weighted by molar-refractivity contribution is 0.00444. The van der Waals surface area contributed by atoms with Gasteiger partial charge in [-0.2, -0.15) is 9.97 Å².